The summed E-state index contributed by atoms with van der Waals surface area (Å²) in [5.74, 6) is -3.96. The van der Waals surface area contributed by atoms with Gasteiger partial charge in [-0.1, -0.05) is 47.0 Å². The number of unbranched alkanes of at least 4 members (excludes halogenated alkanes) is 3. The third-order valence-corrected chi connectivity index (χ3v) is 5.18. The van der Waals surface area contributed by atoms with Crippen molar-refractivity contribution in [2.75, 3.05) is 33.0 Å². The van der Waals surface area contributed by atoms with E-state index in [0.717, 1.165) is 38.5 Å². The molecule has 0 saturated carbocycles. The summed E-state index contributed by atoms with van der Waals surface area (Å²) in [4.78, 5) is 0. The number of hydrogen-bond donors (Lipinski definition) is 1. The lowest BCUT2D eigenvalue weighted by molar-refractivity contribution is -0.285. The van der Waals surface area contributed by atoms with E-state index in [1.54, 1.807) is 6.92 Å². The van der Waals surface area contributed by atoms with Crippen molar-refractivity contribution in [3.05, 3.63) is 0 Å². The molecule has 7 heteroatoms. The van der Waals surface area contributed by atoms with Gasteiger partial charge in [0.25, 0.3) is 5.92 Å². The molecule has 1 N–H and O–H groups in total. The average molecular weight is 411 g/mol. The second-order valence-corrected chi connectivity index (χ2v) is 7.68. The van der Waals surface area contributed by atoms with Crippen molar-refractivity contribution in [3.8, 4) is 0 Å². The van der Waals surface area contributed by atoms with Crippen LogP contribution in [-0.2, 0) is 18.9 Å². The molecule has 0 amide bonds. The first-order chi connectivity index (χ1) is 13.4. The molecule has 168 valence electrons. The van der Waals surface area contributed by atoms with Crippen molar-refractivity contribution < 1.29 is 32.8 Å². The molecule has 28 heavy (non-hydrogen) atoms. The standard InChI is InChI=1S/C21H40F2O5/c1-5-8-11-25-14-17-19(27-13-10-7-3)18(26-12-9-6-2)16(4)20(28-17)21(22,23)15-24/h16-20,24H,5-15H2,1-4H3/t16?,17-,18-,19+,20+/m1/s1. The fourth-order valence-electron chi connectivity index (χ4n) is 3.40. The van der Waals surface area contributed by atoms with Gasteiger partial charge >= 0.3 is 0 Å². The van der Waals surface area contributed by atoms with E-state index in [4.69, 9.17) is 18.9 Å². The van der Waals surface area contributed by atoms with Gasteiger partial charge in [-0.3, -0.25) is 0 Å². The van der Waals surface area contributed by atoms with E-state index in [-0.39, 0.29) is 6.61 Å². The van der Waals surface area contributed by atoms with E-state index < -0.39 is 42.9 Å². The summed E-state index contributed by atoms with van der Waals surface area (Å²) in [6, 6.07) is 0. The number of aliphatic hydroxyl groups excluding tert-OH is 1. The van der Waals surface area contributed by atoms with E-state index in [1.807, 2.05) is 0 Å². The third kappa shape index (κ3) is 7.82. The molecule has 0 bridgehead atoms. The lowest BCUT2D eigenvalue weighted by atomic mass is 9.85. The van der Waals surface area contributed by atoms with Crippen molar-refractivity contribution in [2.45, 2.75) is 96.6 Å². The zero-order chi connectivity index (χ0) is 21.0. The molecule has 1 unspecified atom stereocenters. The topological polar surface area (TPSA) is 57.2 Å². The Kier molecular flexibility index (Phi) is 12.7. The lowest BCUT2D eigenvalue weighted by Crippen LogP contribution is -2.62. The first kappa shape index (κ1) is 25.7. The van der Waals surface area contributed by atoms with Gasteiger partial charge in [-0.05, 0) is 19.3 Å². The van der Waals surface area contributed by atoms with Crippen LogP contribution in [0, 0.1) is 5.92 Å². The molecule has 0 aliphatic carbocycles. The van der Waals surface area contributed by atoms with Gasteiger partial charge in [0, 0.05) is 25.7 Å². The maximum atomic E-state index is 14.4. The van der Waals surface area contributed by atoms with Crippen LogP contribution in [0.1, 0.15) is 66.2 Å². The summed E-state index contributed by atoms with van der Waals surface area (Å²) >= 11 is 0. The van der Waals surface area contributed by atoms with Gasteiger partial charge in [0.2, 0.25) is 0 Å². The van der Waals surface area contributed by atoms with Crippen LogP contribution in [0.2, 0.25) is 0 Å². The van der Waals surface area contributed by atoms with Gasteiger partial charge in [-0.25, -0.2) is 8.78 Å². The predicted molar refractivity (Wildman–Crippen MR) is 105 cm³/mol. The molecule has 0 aromatic heterocycles. The molecule has 0 aromatic carbocycles. The van der Waals surface area contributed by atoms with Crippen molar-refractivity contribution in [2.24, 2.45) is 5.92 Å². The highest BCUT2D eigenvalue weighted by atomic mass is 19.3. The molecule has 1 saturated heterocycles. The van der Waals surface area contributed by atoms with Crippen LogP contribution in [0.5, 0.6) is 0 Å². The quantitative estimate of drug-likeness (QED) is 0.410. The fraction of sp³-hybridized carbons (Fsp3) is 1.00. The Hall–Kier alpha value is -0.340. The van der Waals surface area contributed by atoms with Crippen LogP contribution in [-0.4, -0.2) is 68.5 Å². The van der Waals surface area contributed by atoms with Crippen molar-refractivity contribution in [3.63, 3.8) is 0 Å². The summed E-state index contributed by atoms with van der Waals surface area (Å²) < 4.78 is 52.3. The fourth-order valence-corrected chi connectivity index (χ4v) is 3.40. The van der Waals surface area contributed by atoms with E-state index in [9.17, 15) is 13.9 Å². The molecular weight excluding hydrogens is 370 g/mol. The number of aliphatic hydroxyl groups is 1. The monoisotopic (exact) mass is 410 g/mol. The van der Waals surface area contributed by atoms with Gasteiger partial charge in [-0.2, -0.15) is 0 Å². The Morgan fingerprint density at radius 1 is 0.893 bits per heavy atom. The Labute approximate surface area is 169 Å². The molecule has 1 aliphatic rings. The van der Waals surface area contributed by atoms with Crippen LogP contribution < -0.4 is 0 Å². The second-order valence-electron chi connectivity index (χ2n) is 7.68. The minimum Gasteiger partial charge on any atom is -0.390 e. The van der Waals surface area contributed by atoms with Gasteiger partial charge in [0.15, 0.2) is 0 Å². The maximum absolute atomic E-state index is 14.4. The number of hydrogen-bond acceptors (Lipinski definition) is 5. The molecule has 1 heterocycles. The highest BCUT2D eigenvalue weighted by Crippen LogP contribution is 2.38. The van der Waals surface area contributed by atoms with E-state index in [1.165, 1.54) is 0 Å². The SMILES string of the molecule is CCCCOC[C@H]1O[C@H](C(F)(F)CO)C(C)[C@@H](OCCCC)[C@H]1OCCCC. The molecule has 0 spiro atoms. The van der Waals surface area contributed by atoms with E-state index in [0.29, 0.717) is 19.8 Å². The third-order valence-electron chi connectivity index (χ3n) is 5.18. The minimum absolute atomic E-state index is 0.176. The van der Waals surface area contributed by atoms with Gasteiger partial charge < -0.3 is 24.1 Å². The summed E-state index contributed by atoms with van der Waals surface area (Å²) in [5.41, 5.74) is 0. The Balaban J connectivity index is 2.98. The summed E-state index contributed by atoms with van der Waals surface area (Å²) in [6.07, 6.45) is 2.48. The van der Waals surface area contributed by atoms with Crippen LogP contribution in [0.25, 0.3) is 0 Å². The Morgan fingerprint density at radius 3 is 1.96 bits per heavy atom. The zero-order valence-electron chi connectivity index (χ0n) is 18.0. The normalized spacial score (nSPS) is 28.6. The Morgan fingerprint density at radius 2 is 1.43 bits per heavy atom. The van der Waals surface area contributed by atoms with Crippen molar-refractivity contribution in [1.29, 1.82) is 0 Å². The first-order valence-electron chi connectivity index (χ1n) is 10.9. The van der Waals surface area contributed by atoms with Crippen LogP contribution in [0.4, 0.5) is 8.78 Å². The van der Waals surface area contributed by atoms with Crippen LogP contribution in [0.3, 0.4) is 0 Å². The second kappa shape index (κ2) is 13.8. The summed E-state index contributed by atoms with van der Waals surface area (Å²) in [5, 5.41) is 9.20. The van der Waals surface area contributed by atoms with Gasteiger partial charge in [0.05, 0.1) is 12.7 Å². The van der Waals surface area contributed by atoms with Crippen molar-refractivity contribution >= 4 is 0 Å². The molecule has 5 nitrogen and oxygen atoms in total. The molecule has 0 aromatic rings. The predicted octanol–water partition coefficient (Wildman–Crippen LogP) is 4.20. The van der Waals surface area contributed by atoms with E-state index >= 15 is 0 Å². The van der Waals surface area contributed by atoms with Crippen molar-refractivity contribution in [1.82, 2.24) is 0 Å². The smallest absolute Gasteiger partial charge is 0.296 e. The number of ether oxygens (including phenoxy) is 4. The largest absolute Gasteiger partial charge is 0.390 e. The number of alkyl halides is 2. The number of rotatable bonds is 15. The van der Waals surface area contributed by atoms with Crippen LogP contribution in [0.15, 0.2) is 0 Å². The highest BCUT2D eigenvalue weighted by molar-refractivity contribution is 4.97. The molecular formula is C21H40F2O5. The molecule has 1 aliphatic heterocycles. The molecule has 1 fully saturated rings. The zero-order valence-corrected chi connectivity index (χ0v) is 18.0. The highest BCUT2D eigenvalue weighted by Gasteiger charge is 2.54. The molecule has 5 atom stereocenters. The van der Waals surface area contributed by atoms with Crippen LogP contribution >= 0.6 is 0 Å². The molecule has 1 rings (SSSR count). The first-order valence-corrected chi connectivity index (χ1v) is 10.9. The average Bonchev–Trinajstić information content (AvgIpc) is 2.68. The maximum Gasteiger partial charge on any atom is 0.296 e. The summed E-state index contributed by atoms with van der Waals surface area (Å²) in [7, 11) is 0. The van der Waals surface area contributed by atoms with Gasteiger partial charge in [-0.15, -0.1) is 0 Å². The summed E-state index contributed by atoms with van der Waals surface area (Å²) in [6.45, 7) is 8.36. The minimum atomic E-state index is -3.35. The Bertz CT molecular complexity index is 397. The van der Waals surface area contributed by atoms with Gasteiger partial charge in [0.1, 0.15) is 24.9 Å². The van der Waals surface area contributed by atoms with E-state index in [2.05, 4.69) is 20.8 Å². The number of halogens is 2. The molecule has 0 radical (unpaired) electrons. The lowest BCUT2D eigenvalue weighted by Gasteiger charge is -2.47.